The average Bonchev–Trinajstić information content (AvgIpc) is 3.32. The number of hydrazone groups is 1. The first kappa shape index (κ1) is 18.4. The Labute approximate surface area is 155 Å². The van der Waals surface area contributed by atoms with Crippen LogP contribution in [0.2, 0.25) is 0 Å². The summed E-state index contributed by atoms with van der Waals surface area (Å²) in [4.78, 5) is 14.3. The number of benzene rings is 1. The Morgan fingerprint density at radius 2 is 1.96 bits per heavy atom. The predicted molar refractivity (Wildman–Crippen MR) is 102 cm³/mol. The lowest BCUT2D eigenvalue weighted by molar-refractivity contribution is -0.895. The first-order valence-electron chi connectivity index (χ1n) is 9.45. The second kappa shape index (κ2) is 8.32. The van der Waals surface area contributed by atoms with E-state index in [1.165, 1.54) is 10.5 Å². The number of quaternary nitrogens is 1. The summed E-state index contributed by atoms with van der Waals surface area (Å²) in [5.41, 5.74) is 3.22. The van der Waals surface area contributed by atoms with Gasteiger partial charge in [0.05, 0.1) is 38.0 Å². The third kappa shape index (κ3) is 4.05. The monoisotopic (exact) mass is 354 g/mol. The van der Waals surface area contributed by atoms with Crippen LogP contribution in [-0.4, -0.2) is 36.3 Å². The van der Waals surface area contributed by atoms with Gasteiger partial charge >= 0.3 is 0 Å². The number of aryl methyl sites for hydroxylation is 1. The molecule has 1 atom stereocenters. The van der Waals surface area contributed by atoms with Crippen LogP contribution in [0.25, 0.3) is 0 Å². The molecule has 1 aromatic heterocycles. The van der Waals surface area contributed by atoms with E-state index in [0.717, 1.165) is 36.7 Å². The molecule has 1 N–H and O–H groups in total. The molecule has 0 saturated heterocycles. The number of nitrogens with zero attached hydrogens (tertiary/aromatic N) is 2. The molecule has 0 radical (unpaired) electrons. The van der Waals surface area contributed by atoms with E-state index in [9.17, 15) is 4.79 Å². The zero-order valence-corrected chi connectivity index (χ0v) is 15.9. The Hall–Kier alpha value is -2.40. The molecule has 5 heteroatoms. The fraction of sp³-hybridized carbons (Fsp3) is 0.429. The van der Waals surface area contributed by atoms with Gasteiger partial charge in [0.2, 0.25) is 5.91 Å². The van der Waals surface area contributed by atoms with Gasteiger partial charge in [0.15, 0.2) is 0 Å². The molecule has 0 saturated carbocycles. The maximum absolute atomic E-state index is 12.9. The lowest BCUT2D eigenvalue weighted by Gasteiger charge is -2.21. The first-order chi connectivity index (χ1) is 12.6. The number of hydrogen-bond acceptors (Lipinski definition) is 3. The van der Waals surface area contributed by atoms with Gasteiger partial charge in [-0.3, -0.25) is 4.79 Å². The van der Waals surface area contributed by atoms with Crippen molar-refractivity contribution in [1.82, 2.24) is 5.01 Å². The average molecular weight is 354 g/mol. The molecule has 26 heavy (non-hydrogen) atoms. The standard InChI is InChI=1S/C21H27N3O2/c1-4-23(5-2)13-12-21(25)24-19(20-7-6-14-26-20)15-18(22-24)17-10-8-16(3)9-11-17/h6-11,14,19H,4-5,12-13,15H2,1-3H3/p+1/t19-/m0/s1. The van der Waals surface area contributed by atoms with Gasteiger partial charge in [-0.1, -0.05) is 29.8 Å². The Kier molecular flexibility index (Phi) is 5.89. The van der Waals surface area contributed by atoms with Crippen molar-refractivity contribution in [3.05, 3.63) is 59.5 Å². The quantitative estimate of drug-likeness (QED) is 0.831. The van der Waals surface area contributed by atoms with Crippen molar-refractivity contribution in [2.75, 3.05) is 19.6 Å². The van der Waals surface area contributed by atoms with Crippen LogP contribution < -0.4 is 4.90 Å². The van der Waals surface area contributed by atoms with Crippen LogP contribution in [-0.2, 0) is 4.79 Å². The van der Waals surface area contributed by atoms with Gasteiger partial charge in [-0.05, 0) is 38.5 Å². The highest BCUT2D eigenvalue weighted by atomic mass is 16.3. The van der Waals surface area contributed by atoms with Gasteiger partial charge in [-0.2, -0.15) is 5.10 Å². The number of carbonyl (C=O) groups is 1. The van der Waals surface area contributed by atoms with Gasteiger partial charge in [0.1, 0.15) is 11.8 Å². The van der Waals surface area contributed by atoms with Crippen LogP contribution in [0.15, 0.2) is 52.2 Å². The Morgan fingerprint density at radius 3 is 2.58 bits per heavy atom. The normalized spacial score (nSPS) is 17.0. The van der Waals surface area contributed by atoms with Crippen LogP contribution >= 0.6 is 0 Å². The van der Waals surface area contributed by atoms with Gasteiger partial charge in [0, 0.05) is 6.42 Å². The summed E-state index contributed by atoms with van der Waals surface area (Å²) in [6.07, 6.45) is 2.83. The minimum Gasteiger partial charge on any atom is -0.467 e. The summed E-state index contributed by atoms with van der Waals surface area (Å²) in [5, 5.41) is 6.32. The van der Waals surface area contributed by atoms with Crippen LogP contribution in [0.5, 0.6) is 0 Å². The van der Waals surface area contributed by atoms with Crippen LogP contribution in [0.1, 0.15) is 49.6 Å². The molecule has 5 nitrogen and oxygen atoms in total. The van der Waals surface area contributed by atoms with E-state index in [4.69, 9.17) is 4.42 Å². The summed E-state index contributed by atoms with van der Waals surface area (Å²) in [6.45, 7) is 9.27. The van der Waals surface area contributed by atoms with E-state index in [0.29, 0.717) is 12.8 Å². The molecule has 1 aromatic carbocycles. The van der Waals surface area contributed by atoms with Gasteiger partial charge < -0.3 is 9.32 Å². The zero-order valence-electron chi connectivity index (χ0n) is 15.9. The molecule has 2 heterocycles. The number of amides is 1. The summed E-state index contributed by atoms with van der Waals surface area (Å²) in [5.74, 6) is 0.854. The fourth-order valence-electron chi connectivity index (χ4n) is 3.37. The number of nitrogens with one attached hydrogen (secondary N) is 1. The molecule has 1 aliphatic heterocycles. The third-order valence-corrected chi connectivity index (χ3v) is 5.11. The maximum Gasteiger partial charge on any atom is 0.249 e. The first-order valence-corrected chi connectivity index (χ1v) is 9.45. The van der Waals surface area contributed by atoms with Crippen molar-refractivity contribution in [2.45, 2.75) is 39.7 Å². The van der Waals surface area contributed by atoms with E-state index >= 15 is 0 Å². The SMILES string of the molecule is CC[NH+](CC)CCC(=O)N1N=C(c2ccc(C)cc2)C[C@H]1c1ccco1. The minimum atomic E-state index is -0.152. The lowest BCUT2D eigenvalue weighted by atomic mass is 10.0. The number of rotatable bonds is 7. The zero-order chi connectivity index (χ0) is 18.5. The molecule has 2 aromatic rings. The number of furan rings is 1. The van der Waals surface area contributed by atoms with Crippen molar-refractivity contribution in [3.8, 4) is 0 Å². The molecule has 0 bridgehead atoms. The lowest BCUT2D eigenvalue weighted by Crippen LogP contribution is -3.11. The summed E-state index contributed by atoms with van der Waals surface area (Å²) >= 11 is 0. The topological polar surface area (TPSA) is 50.2 Å². The maximum atomic E-state index is 12.9. The van der Waals surface area contributed by atoms with E-state index in [2.05, 4.69) is 50.1 Å². The molecule has 0 spiro atoms. The number of carbonyl (C=O) groups excluding carboxylic acids is 1. The van der Waals surface area contributed by atoms with Crippen molar-refractivity contribution < 1.29 is 14.1 Å². The van der Waals surface area contributed by atoms with Crippen LogP contribution in [0.3, 0.4) is 0 Å². The Morgan fingerprint density at radius 1 is 1.23 bits per heavy atom. The van der Waals surface area contributed by atoms with Gasteiger partial charge in [-0.15, -0.1) is 0 Å². The molecule has 0 fully saturated rings. The summed E-state index contributed by atoms with van der Waals surface area (Å²) in [6, 6.07) is 11.9. The minimum absolute atomic E-state index is 0.0629. The predicted octanol–water partition coefficient (Wildman–Crippen LogP) is 2.58. The third-order valence-electron chi connectivity index (χ3n) is 5.11. The fourth-order valence-corrected chi connectivity index (χ4v) is 3.37. The van der Waals surface area contributed by atoms with Gasteiger partial charge in [-0.25, -0.2) is 5.01 Å². The van der Waals surface area contributed by atoms with Crippen molar-refractivity contribution in [3.63, 3.8) is 0 Å². The van der Waals surface area contributed by atoms with E-state index in [1.54, 1.807) is 11.3 Å². The van der Waals surface area contributed by atoms with Crippen molar-refractivity contribution in [2.24, 2.45) is 5.10 Å². The highest BCUT2D eigenvalue weighted by Gasteiger charge is 2.34. The van der Waals surface area contributed by atoms with Crippen molar-refractivity contribution >= 4 is 11.6 Å². The smallest absolute Gasteiger partial charge is 0.249 e. The van der Waals surface area contributed by atoms with E-state index in [1.807, 2.05) is 12.1 Å². The Bertz CT molecular complexity index is 746. The van der Waals surface area contributed by atoms with E-state index in [-0.39, 0.29) is 11.9 Å². The largest absolute Gasteiger partial charge is 0.467 e. The highest BCUT2D eigenvalue weighted by Crippen LogP contribution is 2.33. The molecule has 0 unspecified atom stereocenters. The molecular weight excluding hydrogens is 326 g/mol. The Balaban J connectivity index is 1.80. The molecule has 1 amide bonds. The molecule has 1 aliphatic rings. The van der Waals surface area contributed by atoms with Crippen molar-refractivity contribution in [1.29, 1.82) is 0 Å². The second-order valence-electron chi connectivity index (χ2n) is 6.84. The van der Waals surface area contributed by atoms with Crippen LogP contribution in [0.4, 0.5) is 0 Å². The highest BCUT2D eigenvalue weighted by molar-refractivity contribution is 6.03. The molecule has 0 aliphatic carbocycles. The number of hydrogen-bond donors (Lipinski definition) is 1. The summed E-state index contributed by atoms with van der Waals surface area (Å²) < 4.78 is 5.60. The molecule has 138 valence electrons. The second-order valence-corrected chi connectivity index (χ2v) is 6.84. The van der Waals surface area contributed by atoms with Crippen LogP contribution in [0, 0.1) is 6.92 Å². The summed E-state index contributed by atoms with van der Waals surface area (Å²) in [7, 11) is 0. The molecule has 3 rings (SSSR count). The molecular formula is C21H28N3O2+. The van der Waals surface area contributed by atoms with E-state index < -0.39 is 0 Å². The van der Waals surface area contributed by atoms with Gasteiger partial charge in [0.25, 0.3) is 0 Å².